The summed E-state index contributed by atoms with van der Waals surface area (Å²) < 4.78 is 12.9. The average molecular weight is 451 g/mol. The van der Waals surface area contributed by atoms with Crippen molar-refractivity contribution in [1.29, 1.82) is 0 Å². The maximum absolute atomic E-state index is 9.99. The molecular formula is C26H30N2O5. The highest BCUT2D eigenvalue weighted by Crippen LogP contribution is 2.25. The van der Waals surface area contributed by atoms with E-state index in [1.807, 2.05) is 60.7 Å². The molecule has 1 aliphatic rings. The average Bonchev–Trinajstić information content (AvgIpc) is 3.32. The summed E-state index contributed by atoms with van der Waals surface area (Å²) in [5.41, 5.74) is 3.15. The van der Waals surface area contributed by atoms with Crippen LogP contribution in [0.3, 0.4) is 0 Å². The summed E-state index contributed by atoms with van der Waals surface area (Å²) in [6.45, 7) is 2.48. The van der Waals surface area contributed by atoms with Crippen molar-refractivity contribution in [2.75, 3.05) is 19.8 Å². The van der Waals surface area contributed by atoms with Crippen molar-refractivity contribution in [3.63, 3.8) is 0 Å². The number of hydrogen-bond acceptors (Lipinski definition) is 6. The molecule has 7 nitrogen and oxygen atoms in total. The first-order valence-corrected chi connectivity index (χ1v) is 11.2. The van der Waals surface area contributed by atoms with Crippen LogP contribution in [-0.4, -0.2) is 56.9 Å². The van der Waals surface area contributed by atoms with Crippen LogP contribution in [0.5, 0.6) is 5.75 Å². The Balaban J connectivity index is 1.41. The summed E-state index contributed by atoms with van der Waals surface area (Å²) in [6.07, 6.45) is 6.36. The molecule has 0 spiro atoms. The molecule has 174 valence electrons. The van der Waals surface area contributed by atoms with Crippen LogP contribution in [0.1, 0.15) is 36.9 Å². The van der Waals surface area contributed by atoms with Gasteiger partial charge in [-0.05, 0) is 35.7 Å². The minimum absolute atomic E-state index is 0.0933. The number of aliphatic hydroxyl groups is 3. The lowest BCUT2D eigenvalue weighted by Gasteiger charge is -2.28. The molecule has 7 heteroatoms. The van der Waals surface area contributed by atoms with E-state index in [9.17, 15) is 15.3 Å². The van der Waals surface area contributed by atoms with Crippen molar-refractivity contribution in [3.8, 4) is 16.9 Å². The largest absolute Gasteiger partial charge is 0.488 e. The van der Waals surface area contributed by atoms with E-state index in [0.29, 0.717) is 25.5 Å². The molecule has 1 fully saturated rings. The van der Waals surface area contributed by atoms with Crippen LogP contribution in [0.2, 0.25) is 0 Å². The molecule has 0 saturated carbocycles. The molecule has 4 rings (SSSR count). The lowest BCUT2D eigenvalue weighted by atomic mass is 10.0. The molecule has 1 aromatic heterocycles. The van der Waals surface area contributed by atoms with Gasteiger partial charge in [-0.25, -0.2) is 4.98 Å². The SMILES string of the molecule is C[C@H](O)c1nccn1[C@@H](/C=C/c1ccc(-c2ccc(OC3CCOC[C@H]3O)cc2)cc1)CO. The van der Waals surface area contributed by atoms with Crippen LogP contribution in [0.15, 0.2) is 67.0 Å². The minimum Gasteiger partial charge on any atom is -0.488 e. The predicted molar refractivity (Wildman–Crippen MR) is 126 cm³/mol. The van der Waals surface area contributed by atoms with Crippen LogP contribution in [-0.2, 0) is 4.74 Å². The normalized spacial score (nSPS) is 20.6. The molecule has 0 amide bonds. The molecule has 4 atom stereocenters. The van der Waals surface area contributed by atoms with Gasteiger partial charge in [0.25, 0.3) is 0 Å². The van der Waals surface area contributed by atoms with E-state index in [0.717, 1.165) is 22.4 Å². The van der Waals surface area contributed by atoms with Crippen LogP contribution < -0.4 is 4.74 Å². The quantitative estimate of drug-likeness (QED) is 0.487. The minimum atomic E-state index is -0.708. The van der Waals surface area contributed by atoms with Crippen molar-refractivity contribution in [1.82, 2.24) is 9.55 Å². The third-order valence-corrected chi connectivity index (χ3v) is 5.78. The lowest BCUT2D eigenvalue weighted by Crippen LogP contribution is -2.40. The molecule has 0 aliphatic carbocycles. The van der Waals surface area contributed by atoms with E-state index in [4.69, 9.17) is 9.47 Å². The highest BCUT2D eigenvalue weighted by Gasteiger charge is 2.25. The van der Waals surface area contributed by atoms with Crippen molar-refractivity contribution >= 4 is 6.08 Å². The highest BCUT2D eigenvalue weighted by molar-refractivity contribution is 5.66. The third-order valence-electron chi connectivity index (χ3n) is 5.78. The monoisotopic (exact) mass is 450 g/mol. The van der Waals surface area contributed by atoms with E-state index < -0.39 is 12.2 Å². The maximum atomic E-state index is 9.99. The number of benzene rings is 2. The van der Waals surface area contributed by atoms with Crippen LogP contribution in [0.4, 0.5) is 0 Å². The molecule has 0 bridgehead atoms. The van der Waals surface area contributed by atoms with Crippen LogP contribution in [0, 0.1) is 0 Å². The van der Waals surface area contributed by atoms with Gasteiger partial charge in [0, 0.05) is 18.8 Å². The second kappa shape index (κ2) is 10.8. The Labute approximate surface area is 193 Å². The lowest BCUT2D eigenvalue weighted by molar-refractivity contribution is -0.0750. The summed E-state index contributed by atoms with van der Waals surface area (Å²) in [7, 11) is 0. The first kappa shape index (κ1) is 23.2. The van der Waals surface area contributed by atoms with Crippen molar-refractivity contribution < 1.29 is 24.8 Å². The summed E-state index contributed by atoms with van der Waals surface area (Å²) in [5, 5.41) is 29.7. The fraction of sp³-hybridized carbons (Fsp3) is 0.346. The smallest absolute Gasteiger partial charge is 0.137 e. The van der Waals surface area contributed by atoms with E-state index in [1.165, 1.54) is 0 Å². The van der Waals surface area contributed by atoms with Crippen molar-refractivity contribution in [3.05, 3.63) is 78.4 Å². The number of aliphatic hydroxyl groups excluding tert-OH is 3. The Morgan fingerprint density at radius 1 is 1.15 bits per heavy atom. The molecule has 3 N–H and O–H groups in total. The number of aromatic nitrogens is 2. The third kappa shape index (κ3) is 5.69. The zero-order chi connectivity index (χ0) is 23.2. The highest BCUT2D eigenvalue weighted by atomic mass is 16.5. The fourth-order valence-corrected chi connectivity index (χ4v) is 3.92. The van der Waals surface area contributed by atoms with Crippen molar-refractivity contribution in [2.24, 2.45) is 0 Å². The topological polar surface area (TPSA) is 97.0 Å². The number of imidazole rings is 1. The second-order valence-electron chi connectivity index (χ2n) is 8.21. The number of ether oxygens (including phenoxy) is 2. The fourth-order valence-electron chi connectivity index (χ4n) is 3.92. The molecular weight excluding hydrogens is 420 g/mol. The van der Waals surface area contributed by atoms with E-state index >= 15 is 0 Å². The van der Waals surface area contributed by atoms with Gasteiger partial charge in [-0.1, -0.05) is 48.6 Å². The van der Waals surface area contributed by atoms with Gasteiger partial charge < -0.3 is 29.4 Å². The van der Waals surface area contributed by atoms with Gasteiger partial charge in [0.15, 0.2) is 0 Å². The van der Waals surface area contributed by atoms with Gasteiger partial charge >= 0.3 is 0 Å². The number of hydrogen-bond donors (Lipinski definition) is 3. The Bertz CT molecular complexity index is 1040. The Hall–Kier alpha value is -2.97. The molecule has 0 radical (unpaired) electrons. The summed E-state index contributed by atoms with van der Waals surface area (Å²) in [5.74, 6) is 1.25. The first-order valence-electron chi connectivity index (χ1n) is 11.2. The molecule has 1 aliphatic heterocycles. The first-order chi connectivity index (χ1) is 16.0. The molecule has 2 aromatic carbocycles. The van der Waals surface area contributed by atoms with E-state index in [-0.39, 0.29) is 18.8 Å². The Morgan fingerprint density at radius 2 is 1.85 bits per heavy atom. The molecule has 33 heavy (non-hydrogen) atoms. The maximum Gasteiger partial charge on any atom is 0.137 e. The molecule has 3 aromatic rings. The zero-order valence-corrected chi connectivity index (χ0v) is 18.6. The van der Waals surface area contributed by atoms with Gasteiger partial charge in [0.1, 0.15) is 29.9 Å². The van der Waals surface area contributed by atoms with Gasteiger partial charge in [-0.2, -0.15) is 0 Å². The Morgan fingerprint density at radius 3 is 2.48 bits per heavy atom. The Kier molecular flexibility index (Phi) is 7.57. The number of nitrogens with zero attached hydrogens (tertiary/aromatic N) is 2. The van der Waals surface area contributed by atoms with Crippen LogP contribution in [0.25, 0.3) is 17.2 Å². The summed E-state index contributed by atoms with van der Waals surface area (Å²) >= 11 is 0. The van der Waals surface area contributed by atoms with Gasteiger partial charge in [0.2, 0.25) is 0 Å². The van der Waals surface area contributed by atoms with Crippen LogP contribution >= 0.6 is 0 Å². The molecule has 1 unspecified atom stereocenters. The molecule has 2 heterocycles. The van der Waals surface area contributed by atoms with Gasteiger partial charge in [0.05, 0.1) is 25.9 Å². The summed E-state index contributed by atoms with van der Waals surface area (Å²) in [6, 6.07) is 15.7. The number of rotatable bonds is 8. The van der Waals surface area contributed by atoms with Gasteiger partial charge in [-0.15, -0.1) is 0 Å². The standard InChI is InChI=1S/C26H30N2O5/c1-18(30)26-27-13-14-28(26)22(16-29)9-4-19-2-5-20(6-3-19)21-7-10-23(11-8-21)33-25-12-15-32-17-24(25)31/h2-11,13-14,18,22,24-25,29-31H,12,15-17H2,1H3/b9-4+/t18-,22-,24+,25?/m0/s1. The van der Waals surface area contributed by atoms with Gasteiger partial charge in [-0.3, -0.25) is 0 Å². The second-order valence-corrected chi connectivity index (χ2v) is 8.21. The van der Waals surface area contributed by atoms with E-state index in [1.54, 1.807) is 23.9 Å². The van der Waals surface area contributed by atoms with Crippen molar-refractivity contribution in [2.45, 2.75) is 37.7 Å². The molecule has 1 saturated heterocycles. The predicted octanol–water partition coefficient (Wildman–Crippen LogP) is 3.38. The van der Waals surface area contributed by atoms with E-state index in [2.05, 4.69) is 4.98 Å². The zero-order valence-electron chi connectivity index (χ0n) is 18.6. The summed E-state index contributed by atoms with van der Waals surface area (Å²) in [4.78, 5) is 4.17.